The predicted octanol–water partition coefficient (Wildman–Crippen LogP) is 4.91. The van der Waals surface area contributed by atoms with Gasteiger partial charge in [0.15, 0.2) is 11.6 Å². The molecule has 0 aromatic heterocycles. The third-order valence-electron chi connectivity index (χ3n) is 2.72. The lowest BCUT2D eigenvalue weighted by Gasteiger charge is -2.12. The van der Waals surface area contributed by atoms with Crippen molar-refractivity contribution in [1.82, 2.24) is 0 Å². The molecular weight excluding hydrogens is 377 g/mol. The Morgan fingerprint density at radius 1 is 1.16 bits per heavy atom. The van der Waals surface area contributed by atoms with Crippen molar-refractivity contribution in [2.24, 2.45) is 5.73 Å². The smallest absolute Gasteiger partial charge is 0.180 e. The van der Waals surface area contributed by atoms with Crippen LogP contribution in [0.5, 0.6) is 11.5 Å². The average Bonchev–Trinajstić information content (AvgIpc) is 2.39. The SMILES string of the molecule is Cc1ccc(Br)cc1Oc1ccc(CN)c(Br)c1F. The van der Waals surface area contributed by atoms with Crippen LogP contribution in [0.15, 0.2) is 39.3 Å². The third-order valence-corrected chi connectivity index (χ3v) is 4.07. The van der Waals surface area contributed by atoms with Gasteiger partial charge in [0.05, 0.1) is 4.47 Å². The van der Waals surface area contributed by atoms with Crippen LogP contribution in [-0.2, 0) is 6.54 Å². The number of aryl methyl sites for hydroxylation is 1. The van der Waals surface area contributed by atoms with Crippen molar-refractivity contribution >= 4 is 31.9 Å². The first kappa shape index (κ1) is 14.5. The van der Waals surface area contributed by atoms with Gasteiger partial charge in [0.25, 0.3) is 0 Å². The maximum Gasteiger partial charge on any atom is 0.180 e. The fraction of sp³-hybridized carbons (Fsp3) is 0.143. The number of ether oxygens (including phenoxy) is 1. The monoisotopic (exact) mass is 387 g/mol. The normalized spacial score (nSPS) is 10.6. The molecule has 0 fully saturated rings. The summed E-state index contributed by atoms with van der Waals surface area (Å²) in [5.74, 6) is 0.341. The van der Waals surface area contributed by atoms with Crippen molar-refractivity contribution in [3.05, 3.63) is 56.2 Å². The van der Waals surface area contributed by atoms with Crippen LogP contribution in [0.4, 0.5) is 4.39 Å². The van der Waals surface area contributed by atoms with Crippen LogP contribution in [0.3, 0.4) is 0 Å². The number of benzene rings is 2. The van der Waals surface area contributed by atoms with Crippen LogP contribution < -0.4 is 10.5 Å². The number of halogens is 3. The molecule has 0 atom stereocenters. The highest BCUT2D eigenvalue weighted by molar-refractivity contribution is 9.10. The van der Waals surface area contributed by atoms with E-state index >= 15 is 0 Å². The molecule has 0 aliphatic rings. The van der Waals surface area contributed by atoms with Gasteiger partial charge in [-0.25, -0.2) is 4.39 Å². The van der Waals surface area contributed by atoms with Gasteiger partial charge in [0, 0.05) is 11.0 Å². The van der Waals surface area contributed by atoms with Gasteiger partial charge in [-0.15, -0.1) is 0 Å². The second-order valence-corrected chi connectivity index (χ2v) is 5.78. The molecule has 2 aromatic carbocycles. The molecule has 100 valence electrons. The Morgan fingerprint density at radius 3 is 2.58 bits per heavy atom. The van der Waals surface area contributed by atoms with Crippen molar-refractivity contribution in [1.29, 1.82) is 0 Å². The fourth-order valence-electron chi connectivity index (χ4n) is 1.61. The Kier molecular flexibility index (Phi) is 4.60. The number of hydrogen-bond acceptors (Lipinski definition) is 2. The molecule has 2 nitrogen and oxygen atoms in total. The first-order chi connectivity index (χ1) is 9.02. The van der Waals surface area contributed by atoms with E-state index in [1.807, 2.05) is 19.1 Å². The molecule has 0 amide bonds. The molecule has 2 aromatic rings. The number of rotatable bonds is 3. The molecule has 0 spiro atoms. The van der Waals surface area contributed by atoms with Crippen LogP contribution in [0.25, 0.3) is 0 Å². The molecule has 2 rings (SSSR count). The van der Waals surface area contributed by atoms with Gasteiger partial charge in [-0.3, -0.25) is 0 Å². The summed E-state index contributed by atoms with van der Waals surface area (Å²) >= 11 is 6.56. The van der Waals surface area contributed by atoms with Crippen molar-refractivity contribution < 1.29 is 9.13 Å². The second kappa shape index (κ2) is 6.03. The van der Waals surface area contributed by atoms with Gasteiger partial charge in [0.1, 0.15) is 5.75 Å². The maximum atomic E-state index is 14.1. The minimum absolute atomic E-state index is 0.172. The van der Waals surface area contributed by atoms with Crippen LogP contribution in [0.2, 0.25) is 0 Å². The van der Waals surface area contributed by atoms with E-state index in [0.717, 1.165) is 10.0 Å². The minimum atomic E-state index is -0.442. The first-order valence-corrected chi connectivity index (χ1v) is 7.22. The molecule has 0 radical (unpaired) electrons. The fourth-order valence-corrected chi connectivity index (χ4v) is 2.44. The van der Waals surface area contributed by atoms with Gasteiger partial charge in [-0.05, 0) is 52.2 Å². The predicted molar refractivity (Wildman–Crippen MR) is 80.9 cm³/mol. The summed E-state index contributed by atoms with van der Waals surface area (Å²) in [6.45, 7) is 2.18. The quantitative estimate of drug-likeness (QED) is 0.810. The Morgan fingerprint density at radius 2 is 1.89 bits per heavy atom. The van der Waals surface area contributed by atoms with E-state index in [9.17, 15) is 4.39 Å². The van der Waals surface area contributed by atoms with Crippen molar-refractivity contribution in [3.63, 3.8) is 0 Å². The topological polar surface area (TPSA) is 35.2 Å². The summed E-state index contributed by atoms with van der Waals surface area (Å²) in [4.78, 5) is 0. The van der Waals surface area contributed by atoms with Crippen molar-refractivity contribution in [3.8, 4) is 11.5 Å². The van der Waals surface area contributed by atoms with Crippen LogP contribution >= 0.6 is 31.9 Å². The molecule has 0 saturated heterocycles. The largest absolute Gasteiger partial charge is 0.454 e. The molecular formula is C14H12Br2FNO. The summed E-state index contributed by atoms with van der Waals surface area (Å²) in [6.07, 6.45) is 0. The van der Waals surface area contributed by atoms with Gasteiger partial charge in [-0.2, -0.15) is 0 Å². The molecule has 5 heteroatoms. The molecule has 0 saturated carbocycles. The number of nitrogens with two attached hydrogens (primary N) is 1. The molecule has 0 aliphatic heterocycles. The zero-order chi connectivity index (χ0) is 14.0. The lowest BCUT2D eigenvalue weighted by atomic mass is 10.2. The highest BCUT2D eigenvalue weighted by Crippen LogP contribution is 2.33. The molecule has 2 N–H and O–H groups in total. The summed E-state index contributed by atoms with van der Waals surface area (Å²) in [7, 11) is 0. The summed E-state index contributed by atoms with van der Waals surface area (Å²) < 4.78 is 21.0. The zero-order valence-electron chi connectivity index (χ0n) is 10.2. The van der Waals surface area contributed by atoms with Crippen molar-refractivity contribution in [2.75, 3.05) is 0 Å². The Balaban J connectivity index is 2.39. The van der Waals surface area contributed by atoms with Crippen molar-refractivity contribution in [2.45, 2.75) is 13.5 Å². The van der Waals surface area contributed by atoms with Crippen LogP contribution in [0.1, 0.15) is 11.1 Å². The molecule has 0 unspecified atom stereocenters. The van der Waals surface area contributed by atoms with Crippen LogP contribution in [0, 0.1) is 12.7 Å². The van der Waals surface area contributed by atoms with E-state index < -0.39 is 5.82 Å². The van der Waals surface area contributed by atoms with Gasteiger partial charge in [0.2, 0.25) is 0 Å². The van der Waals surface area contributed by atoms with E-state index in [1.54, 1.807) is 18.2 Å². The number of hydrogen-bond donors (Lipinski definition) is 1. The summed E-state index contributed by atoms with van der Waals surface area (Å²) in [5, 5.41) is 0. The van der Waals surface area contributed by atoms with E-state index in [2.05, 4.69) is 31.9 Å². The lowest BCUT2D eigenvalue weighted by Crippen LogP contribution is -2.00. The highest BCUT2D eigenvalue weighted by atomic mass is 79.9. The highest BCUT2D eigenvalue weighted by Gasteiger charge is 2.13. The second-order valence-electron chi connectivity index (χ2n) is 4.07. The van der Waals surface area contributed by atoms with Gasteiger partial charge < -0.3 is 10.5 Å². The molecule has 0 bridgehead atoms. The lowest BCUT2D eigenvalue weighted by molar-refractivity contribution is 0.437. The maximum absolute atomic E-state index is 14.1. The Bertz CT molecular complexity index is 617. The average molecular weight is 389 g/mol. The molecule has 19 heavy (non-hydrogen) atoms. The van der Waals surface area contributed by atoms with E-state index in [4.69, 9.17) is 10.5 Å². The first-order valence-electron chi connectivity index (χ1n) is 5.64. The summed E-state index contributed by atoms with van der Waals surface area (Å²) in [5.41, 5.74) is 7.16. The minimum Gasteiger partial charge on any atom is -0.454 e. The summed E-state index contributed by atoms with van der Waals surface area (Å²) in [6, 6.07) is 8.95. The molecule has 0 heterocycles. The van der Waals surface area contributed by atoms with Gasteiger partial charge >= 0.3 is 0 Å². The molecule has 0 aliphatic carbocycles. The zero-order valence-corrected chi connectivity index (χ0v) is 13.4. The Hall–Kier alpha value is -0.910. The Labute approximate surface area is 128 Å². The van der Waals surface area contributed by atoms with E-state index in [1.165, 1.54) is 0 Å². The van der Waals surface area contributed by atoms with Crippen LogP contribution in [-0.4, -0.2) is 0 Å². The van der Waals surface area contributed by atoms with E-state index in [0.29, 0.717) is 15.8 Å². The third kappa shape index (κ3) is 3.16. The standard InChI is InChI=1S/C14H12Br2FNO/c1-8-2-4-10(15)6-12(8)19-11-5-3-9(7-18)13(16)14(11)17/h2-6H,7,18H2,1H3. The van der Waals surface area contributed by atoms with E-state index in [-0.39, 0.29) is 12.3 Å². The van der Waals surface area contributed by atoms with Gasteiger partial charge in [-0.1, -0.05) is 28.1 Å².